The number of piperidine rings is 1. The maximum Gasteiger partial charge on any atom is 0.231 e. The average molecular weight is 345 g/mol. The van der Waals surface area contributed by atoms with Crippen molar-refractivity contribution in [3.63, 3.8) is 0 Å². The summed E-state index contributed by atoms with van der Waals surface area (Å²) < 4.78 is 18.5. The van der Waals surface area contributed by atoms with Crippen molar-refractivity contribution in [2.75, 3.05) is 13.1 Å². The van der Waals surface area contributed by atoms with Crippen LogP contribution in [0.4, 0.5) is 4.39 Å². The number of halogens is 1. The van der Waals surface area contributed by atoms with Crippen LogP contribution in [0.5, 0.6) is 0 Å². The summed E-state index contributed by atoms with van der Waals surface area (Å²) in [5.74, 6) is 0.934. The van der Waals surface area contributed by atoms with Crippen LogP contribution >= 0.6 is 0 Å². The van der Waals surface area contributed by atoms with Crippen LogP contribution in [0.15, 0.2) is 28.8 Å². The Hall–Kier alpha value is -2.24. The van der Waals surface area contributed by atoms with Crippen LogP contribution in [0.2, 0.25) is 0 Å². The molecule has 5 nitrogen and oxygen atoms in total. The van der Waals surface area contributed by atoms with Crippen LogP contribution in [0, 0.1) is 11.2 Å². The summed E-state index contributed by atoms with van der Waals surface area (Å²) in [6.07, 6.45) is 2.38. The summed E-state index contributed by atoms with van der Waals surface area (Å²) in [7, 11) is 0. The van der Waals surface area contributed by atoms with Gasteiger partial charge in [-0.05, 0) is 42.5 Å². The van der Waals surface area contributed by atoms with Gasteiger partial charge in [0.15, 0.2) is 0 Å². The number of hydrogen-bond acceptors (Lipinski definition) is 4. The topological polar surface area (TPSA) is 59.2 Å². The van der Waals surface area contributed by atoms with E-state index in [2.05, 4.69) is 30.9 Å². The van der Waals surface area contributed by atoms with E-state index in [0.29, 0.717) is 30.2 Å². The summed E-state index contributed by atoms with van der Waals surface area (Å²) in [6, 6.07) is 6.01. The Morgan fingerprint density at radius 2 is 2.04 bits per heavy atom. The van der Waals surface area contributed by atoms with Gasteiger partial charge in [0.2, 0.25) is 17.6 Å². The van der Waals surface area contributed by atoms with Crippen molar-refractivity contribution < 1.29 is 13.7 Å². The first-order valence-electron chi connectivity index (χ1n) is 8.69. The highest BCUT2D eigenvalue weighted by Gasteiger charge is 2.30. The second kappa shape index (κ2) is 6.94. The molecule has 1 aliphatic heterocycles. The number of aromatic nitrogens is 2. The zero-order chi connectivity index (χ0) is 18.0. The minimum atomic E-state index is -0.298. The molecule has 1 aliphatic rings. The quantitative estimate of drug-likeness (QED) is 0.843. The number of rotatable bonds is 3. The van der Waals surface area contributed by atoms with Gasteiger partial charge >= 0.3 is 0 Å². The van der Waals surface area contributed by atoms with Gasteiger partial charge in [0, 0.05) is 25.1 Å². The third-order valence-corrected chi connectivity index (χ3v) is 4.35. The highest BCUT2D eigenvalue weighted by Crippen LogP contribution is 2.29. The van der Waals surface area contributed by atoms with Gasteiger partial charge in [-0.3, -0.25) is 4.79 Å². The molecule has 1 aromatic carbocycles. The maximum absolute atomic E-state index is 13.0. The highest BCUT2D eigenvalue weighted by atomic mass is 19.1. The molecule has 1 atom stereocenters. The molecule has 2 heterocycles. The normalized spacial score (nSPS) is 18.4. The van der Waals surface area contributed by atoms with Gasteiger partial charge in [0.25, 0.3) is 0 Å². The first kappa shape index (κ1) is 17.6. The van der Waals surface area contributed by atoms with Crippen molar-refractivity contribution in [2.45, 2.75) is 46.0 Å². The molecule has 0 radical (unpaired) electrons. The molecule has 0 unspecified atom stereocenters. The SMILES string of the molecule is CC(C)(C)CC(=O)N1CCC[C@H](c2nc(-c3ccc(F)cc3)no2)C1. The van der Waals surface area contributed by atoms with Crippen molar-refractivity contribution >= 4 is 5.91 Å². The van der Waals surface area contributed by atoms with Crippen molar-refractivity contribution in [1.82, 2.24) is 15.0 Å². The Labute approximate surface area is 147 Å². The molecule has 0 saturated carbocycles. The Balaban J connectivity index is 1.70. The van der Waals surface area contributed by atoms with E-state index in [4.69, 9.17) is 4.52 Å². The molecule has 134 valence electrons. The Morgan fingerprint density at radius 3 is 2.72 bits per heavy atom. The third kappa shape index (κ3) is 4.44. The number of carbonyl (C=O) groups excluding carboxylic acids is 1. The van der Waals surface area contributed by atoms with E-state index in [1.807, 2.05) is 4.90 Å². The molecule has 1 saturated heterocycles. The van der Waals surface area contributed by atoms with E-state index in [0.717, 1.165) is 19.4 Å². The van der Waals surface area contributed by atoms with Crippen LogP contribution in [-0.2, 0) is 4.79 Å². The van der Waals surface area contributed by atoms with Gasteiger partial charge in [-0.15, -0.1) is 0 Å². The molecule has 1 fully saturated rings. The van der Waals surface area contributed by atoms with Crippen LogP contribution in [0.1, 0.15) is 51.8 Å². The lowest BCUT2D eigenvalue weighted by Crippen LogP contribution is -2.40. The molecule has 1 amide bonds. The Morgan fingerprint density at radius 1 is 1.32 bits per heavy atom. The molecular formula is C19H24FN3O2. The molecule has 0 aliphatic carbocycles. The predicted molar refractivity (Wildman–Crippen MR) is 92.3 cm³/mol. The van der Waals surface area contributed by atoms with Crippen LogP contribution < -0.4 is 0 Å². The molecule has 1 aromatic heterocycles. The van der Waals surface area contributed by atoms with Crippen LogP contribution in [0.3, 0.4) is 0 Å². The van der Waals surface area contributed by atoms with Crippen molar-refractivity contribution in [3.8, 4) is 11.4 Å². The molecule has 3 rings (SSSR count). The first-order chi connectivity index (χ1) is 11.8. The number of hydrogen-bond donors (Lipinski definition) is 0. The summed E-state index contributed by atoms with van der Waals surface area (Å²) in [5, 5.41) is 4.01. The molecule has 0 N–H and O–H groups in total. The summed E-state index contributed by atoms with van der Waals surface area (Å²) >= 11 is 0. The Bertz CT molecular complexity index is 734. The summed E-state index contributed by atoms with van der Waals surface area (Å²) in [5.41, 5.74) is 0.692. The number of carbonyl (C=O) groups is 1. The molecular weight excluding hydrogens is 321 g/mol. The maximum atomic E-state index is 13.0. The fraction of sp³-hybridized carbons (Fsp3) is 0.526. The van der Waals surface area contributed by atoms with Crippen LogP contribution in [0.25, 0.3) is 11.4 Å². The molecule has 2 aromatic rings. The molecule has 25 heavy (non-hydrogen) atoms. The second-order valence-corrected chi connectivity index (χ2v) is 7.88. The van der Waals surface area contributed by atoms with Crippen LogP contribution in [-0.4, -0.2) is 34.0 Å². The van der Waals surface area contributed by atoms with Gasteiger partial charge in [-0.1, -0.05) is 25.9 Å². The summed E-state index contributed by atoms with van der Waals surface area (Å²) in [4.78, 5) is 18.8. The lowest BCUT2D eigenvalue weighted by Gasteiger charge is -2.33. The minimum absolute atomic E-state index is 0.0235. The smallest absolute Gasteiger partial charge is 0.231 e. The van der Waals surface area contributed by atoms with Gasteiger partial charge in [-0.2, -0.15) is 4.98 Å². The minimum Gasteiger partial charge on any atom is -0.342 e. The van der Waals surface area contributed by atoms with Crippen molar-refractivity contribution in [2.24, 2.45) is 5.41 Å². The lowest BCUT2D eigenvalue weighted by atomic mass is 9.90. The van der Waals surface area contributed by atoms with Crippen molar-refractivity contribution in [1.29, 1.82) is 0 Å². The first-order valence-corrected chi connectivity index (χ1v) is 8.69. The number of amides is 1. The monoisotopic (exact) mass is 345 g/mol. The predicted octanol–water partition coefficient (Wildman–Crippen LogP) is 4.02. The zero-order valence-corrected chi connectivity index (χ0v) is 15.0. The summed E-state index contributed by atoms with van der Waals surface area (Å²) in [6.45, 7) is 7.60. The highest BCUT2D eigenvalue weighted by molar-refractivity contribution is 5.77. The van der Waals surface area contributed by atoms with Crippen molar-refractivity contribution in [3.05, 3.63) is 36.0 Å². The second-order valence-electron chi connectivity index (χ2n) is 7.88. The lowest BCUT2D eigenvalue weighted by molar-refractivity contribution is -0.134. The Kier molecular flexibility index (Phi) is 4.88. The van der Waals surface area contributed by atoms with E-state index in [9.17, 15) is 9.18 Å². The van der Waals surface area contributed by atoms with E-state index in [-0.39, 0.29) is 23.1 Å². The fourth-order valence-electron chi connectivity index (χ4n) is 3.09. The standard InChI is InChI=1S/C19H24FN3O2/c1-19(2,3)11-16(24)23-10-4-5-14(12-23)18-21-17(22-25-18)13-6-8-15(20)9-7-13/h6-9,14H,4-5,10-12H2,1-3H3/t14-/m0/s1. The fourth-order valence-corrected chi connectivity index (χ4v) is 3.09. The van der Waals surface area contributed by atoms with Gasteiger partial charge in [0.05, 0.1) is 5.92 Å². The van der Waals surface area contributed by atoms with E-state index < -0.39 is 0 Å². The average Bonchev–Trinajstić information content (AvgIpc) is 3.04. The zero-order valence-electron chi connectivity index (χ0n) is 15.0. The third-order valence-electron chi connectivity index (χ3n) is 4.35. The number of nitrogens with zero attached hydrogens (tertiary/aromatic N) is 3. The van der Waals surface area contributed by atoms with E-state index in [1.165, 1.54) is 12.1 Å². The van der Waals surface area contributed by atoms with Gasteiger partial charge in [-0.25, -0.2) is 4.39 Å². The van der Waals surface area contributed by atoms with Gasteiger partial charge in [0.1, 0.15) is 5.82 Å². The van der Waals surface area contributed by atoms with Gasteiger partial charge < -0.3 is 9.42 Å². The van der Waals surface area contributed by atoms with E-state index >= 15 is 0 Å². The van der Waals surface area contributed by atoms with E-state index in [1.54, 1.807) is 12.1 Å². The largest absolute Gasteiger partial charge is 0.342 e. The molecule has 0 spiro atoms. The molecule has 6 heteroatoms. The number of likely N-dealkylation sites (tertiary alicyclic amines) is 1. The molecule has 0 bridgehead atoms. The number of benzene rings is 1.